The van der Waals surface area contributed by atoms with Crippen LogP contribution in [0.1, 0.15) is 43.4 Å². The van der Waals surface area contributed by atoms with Gasteiger partial charge < -0.3 is 10.2 Å². The summed E-state index contributed by atoms with van der Waals surface area (Å²) in [5, 5.41) is 3.63. The fourth-order valence-electron chi connectivity index (χ4n) is 4.01. The monoisotopic (exact) mass is 370 g/mol. The normalized spacial score (nSPS) is 23.9. The van der Waals surface area contributed by atoms with Crippen molar-refractivity contribution in [2.24, 2.45) is 0 Å². The Morgan fingerprint density at radius 3 is 2.85 bits per heavy atom. The van der Waals surface area contributed by atoms with Crippen molar-refractivity contribution in [1.82, 2.24) is 15.0 Å². The quantitative estimate of drug-likeness (QED) is 0.806. The van der Waals surface area contributed by atoms with Gasteiger partial charge in [0.2, 0.25) is 5.95 Å². The van der Waals surface area contributed by atoms with Crippen LogP contribution in [0.3, 0.4) is 0 Å². The predicted molar refractivity (Wildman–Crippen MR) is 104 cm³/mol. The number of anilines is 2. The number of hydrogen-bond donors (Lipinski definition) is 2. The second-order valence-corrected chi connectivity index (χ2v) is 9.44. The lowest BCUT2D eigenvalue weighted by atomic mass is 9.78. The van der Waals surface area contributed by atoms with Gasteiger partial charge in [-0.1, -0.05) is 6.07 Å². The average molecular weight is 371 g/mol. The van der Waals surface area contributed by atoms with Crippen LogP contribution in [0, 0.1) is 0 Å². The summed E-state index contributed by atoms with van der Waals surface area (Å²) in [5.41, 5.74) is 2.41. The molecule has 0 aromatic carbocycles. The van der Waals surface area contributed by atoms with E-state index in [1.54, 1.807) is 0 Å². The van der Waals surface area contributed by atoms with Gasteiger partial charge in [-0.25, -0.2) is 4.98 Å². The highest BCUT2D eigenvalue weighted by Gasteiger charge is 2.42. The van der Waals surface area contributed by atoms with Crippen LogP contribution >= 0.6 is 0 Å². The first-order valence-corrected chi connectivity index (χ1v) is 10.7. The van der Waals surface area contributed by atoms with Crippen LogP contribution in [-0.2, 0) is 17.6 Å². The Bertz CT molecular complexity index is 820. The Kier molecular flexibility index (Phi) is 3.83. The Labute approximate surface area is 156 Å². The Morgan fingerprint density at radius 2 is 2.15 bits per heavy atom. The van der Waals surface area contributed by atoms with Crippen molar-refractivity contribution < 1.29 is 4.55 Å². The summed E-state index contributed by atoms with van der Waals surface area (Å²) in [7, 11) is 0. The molecule has 1 atom stereocenters. The van der Waals surface area contributed by atoms with Crippen LogP contribution < -0.4 is 10.2 Å². The van der Waals surface area contributed by atoms with E-state index in [1.165, 1.54) is 12.0 Å². The van der Waals surface area contributed by atoms with Crippen LogP contribution in [0.25, 0.3) is 0 Å². The van der Waals surface area contributed by atoms with Crippen LogP contribution in [0.5, 0.6) is 0 Å². The van der Waals surface area contributed by atoms with Gasteiger partial charge >= 0.3 is 0 Å². The first kappa shape index (κ1) is 16.3. The van der Waals surface area contributed by atoms with Gasteiger partial charge in [0.15, 0.2) is 22.7 Å². The van der Waals surface area contributed by atoms with Crippen LogP contribution in [0.2, 0.25) is 0 Å². The first-order chi connectivity index (χ1) is 12.6. The number of hydrogen-bond acceptors (Lipinski definition) is 6. The first-order valence-electron chi connectivity index (χ1n) is 9.35. The lowest BCUT2D eigenvalue weighted by Gasteiger charge is -2.41. The van der Waals surface area contributed by atoms with Gasteiger partial charge in [0.1, 0.15) is 5.69 Å². The molecule has 1 unspecified atom stereocenters. The molecule has 1 aliphatic carbocycles. The van der Waals surface area contributed by atoms with Crippen molar-refractivity contribution in [2.75, 3.05) is 29.1 Å². The zero-order valence-corrected chi connectivity index (χ0v) is 15.8. The summed E-state index contributed by atoms with van der Waals surface area (Å²) >= 11 is -0.728. The molecule has 6 nitrogen and oxygen atoms in total. The third kappa shape index (κ3) is 2.74. The molecule has 2 aromatic heterocycles. The zero-order valence-electron chi connectivity index (χ0n) is 15.0. The lowest BCUT2D eigenvalue weighted by molar-refractivity contribution is 0.305. The molecule has 2 fully saturated rings. The van der Waals surface area contributed by atoms with E-state index in [0.29, 0.717) is 5.92 Å². The molecule has 2 aromatic rings. The summed E-state index contributed by atoms with van der Waals surface area (Å²) in [5.74, 6) is 2.93. The maximum Gasteiger partial charge on any atom is 0.253 e. The largest absolute Gasteiger partial charge is 0.360 e. The molecule has 1 saturated heterocycles. The highest BCUT2D eigenvalue weighted by Crippen LogP contribution is 2.40. The molecule has 26 heavy (non-hydrogen) atoms. The third-order valence-corrected chi connectivity index (χ3v) is 7.38. The van der Waals surface area contributed by atoms with Gasteiger partial charge in [0, 0.05) is 43.4 Å². The molecule has 0 amide bonds. The molecule has 0 radical (unpaired) electrons. The van der Waals surface area contributed by atoms with Crippen molar-refractivity contribution in [3.8, 4) is 0 Å². The fraction of sp³-hybridized carbons (Fsp3) is 0.526. The second kappa shape index (κ2) is 6.09. The molecule has 2 aliphatic heterocycles. The van der Waals surface area contributed by atoms with E-state index in [1.807, 2.05) is 18.5 Å². The molecule has 4 heterocycles. The van der Waals surface area contributed by atoms with Crippen LogP contribution in [0.15, 0.2) is 29.4 Å². The fourth-order valence-corrected chi connectivity index (χ4v) is 5.34. The van der Waals surface area contributed by atoms with Gasteiger partial charge in [0.25, 0.3) is 4.90 Å². The van der Waals surface area contributed by atoms with E-state index in [0.717, 1.165) is 60.5 Å². The van der Waals surface area contributed by atoms with E-state index in [9.17, 15) is 4.55 Å². The van der Waals surface area contributed by atoms with Crippen molar-refractivity contribution in [3.63, 3.8) is 0 Å². The minimum absolute atomic E-state index is 0.110. The number of fused-ring (bicyclic) bond motifs is 1. The number of pyridine rings is 1. The van der Waals surface area contributed by atoms with Gasteiger partial charge in [0.05, 0.1) is 0 Å². The minimum atomic E-state index is -0.728. The Hall–Kier alpha value is -1.86. The zero-order chi connectivity index (χ0) is 17.7. The van der Waals surface area contributed by atoms with E-state index in [4.69, 9.17) is 9.97 Å². The number of nitrogens with zero attached hydrogens (tertiary/aromatic N) is 4. The number of rotatable bonds is 4. The summed E-state index contributed by atoms with van der Waals surface area (Å²) in [6.45, 7) is 4.09. The molecule has 2 N–H and O–H groups in total. The van der Waals surface area contributed by atoms with E-state index in [-0.39, 0.29) is 5.54 Å². The van der Waals surface area contributed by atoms with Crippen molar-refractivity contribution >= 4 is 22.9 Å². The third-order valence-electron chi connectivity index (χ3n) is 5.89. The van der Waals surface area contributed by atoms with Gasteiger partial charge in [-0.2, -0.15) is 9.54 Å². The highest BCUT2D eigenvalue weighted by molar-refractivity contribution is 7.92. The summed E-state index contributed by atoms with van der Waals surface area (Å²) < 4.78 is 10.4. The maximum atomic E-state index is 10.4. The molecule has 1 saturated carbocycles. The summed E-state index contributed by atoms with van der Waals surface area (Å²) in [4.78, 5) is 17.1. The lowest BCUT2D eigenvalue weighted by Crippen LogP contribution is -2.46. The molecular weight excluding hydrogens is 346 g/mol. The summed E-state index contributed by atoms with van der Waals surface area (Å²) in [6, 6.07) is 4.13. The van der Waals surface area contributed by atoms with Gasteiger partial charge in [-0.15, -0.1) is 0 Å². The molecule has 136 valence electrons. The van der Waals surface area contributed by atoms with E-state index < -0.39 is 11.2 Å². The molecule has 0 bridgehead atoms. The molecule has 7 heteroatoms. The maximum absolute atomic E-state index is 10.4. The van der Waals surface area contributed by atoms with E-state index in [2.05, 4.69) is 28.2 Å². The molecule has 5 rings (SSSR count). The SMILES string of the molecule is CC1(Nc2nc(N3CC(c4cccnc4)C3)nc3c2[S+](O)CC3)CCC1. The smallest absolute Gasteiger partial charge is 0.253 e. The van der Waals surface area contributed by atoms with Crippen molar-refractivity contribution in [2.45, 2.75) is 49.0 Å². The summed E-state index contributed by atoms with van der Waals surface area (Å²) in [6.07, 6.45) is 8.19. The molecule has 0 spiro atoms. The molecular formula is C19H24N5OS+. The van der Waals surface area contributed by atoms with Crippen molar-refractivity contribution in [1.29, 1.82) is 0 Å². The van der Waals surface area contributed by atoms with Crippen molar-refractivity contribution in [3.05, 3.63) is 35.8 Å². The standard InChI is InChI=1S/C19H24N5OS/c1-19(6-3-7-19)23-17-16-15(5-9-26(16)25)21-18(22-17)24-11-14(12-24)13-4-2-8-20-10-13/h2,4,8,10,14,25H,3,5-7,9,11-12H2,1H3,(H,21,22,23)/q+1. The van der Waals surface area contributed by atoms with E-state index >= 15 is 0 Å². The molecule has 3 aliphatic rings. The Balaban J connectivity index is 1.40. The van der Waals surface area contributed by atoms with Gasteiger partial charge in [-0.3, -0.25) is 4.98 Å². The number of aryl methyl sites for hydroxylation is 1. The van der Waals surface area contributed by atoms with Gasteiger partial charge in [-0.05, 0) is 37.8 Å². The van der Waals surface area contributed by atoms with Crippen LogP contribution in [0.4, 0.5) is 11.8 Å². The topological polar surface area (TPSA) is 74.2 Å². The predicted octanol–water partition coefficient (Wildman–Crippen LogP) is 2.84. The Morgan fingerprint density at radius 1 is 1.31 bits per heavy atom. The number of aromatic nitrogens is 3. The second-order valence-electron chi connectivity index (χ2n) is 7.89. The minimum Gasteiger partial charge on any atom is -0.360 e. The highest BCUT2D eigenvalue weighted by atomic mass is 32.2. The number of nitrogens with one attached hydrogen (secondary N) is 1. The average Bonchev–Trinajstić information content (AvgIpc) is 2.94. The van der Waals surface area contributed by atoms with Crippen LogP contribution in [-0.4, -0.2) is 43.9 Å².